The molecular formula is C9H18N2. The Morgan fingerprint density at radius 3 is 3.09 bits per heavy atom. The van der Waals surface area contributed by atoms with Crippen LogP contribution in [-0.4, -0.2) is 37.1 Å². The Hall–Kier alpha value is -0.0800. The number of fused-ring (bicyclic) bond motifs is 1. The Balaban J connectivity index is 2.07. The van der Waals surface area contributed by atoms with Gasteiger partial charge in [0.1, 0.15) is 0 Å². The summed E-state index contributed by atoms with van der Waals surface area (Å²) in [5.41, 5.74) is 0. The predicted octanol–water partition coefficient (Wildman–Crippen LogP) is 0.689. The maximum Gasteiger partial charge on any atom is 0.0264 e. The first-order valence-electron chi connectivity index (χ1n) is 4.76. The van der Waals surface area contributed by atoms with Crippen molar-refractivity contribution in [2.24, 2.45) is 5.92 Å². The van der Waals surface area contributed by atoms with Gasteiger partial charge in [-0.1, -0.05) is 6.92 Å². The molecule has 11 heavy (non-hydrogen) atoms. The Morgan fingerprint density at radius 1 is 1.55 bits per heavy atom. The molecule has 2 heteroatoms. The van der Waals surface area contributed by atoms with Crippen molar-refractivity contribution in [3.05, 3.63) is 0 Å². The number of likely N-dealkylation sites (N-methyl/N-ethyl adjacent to an activating group) is 1. The first kappa shape index (κ1) is 7.56. The molecule has 0 aromatic rings. The molecule has 1 unspecified atom stereocenters. The third-order valence-electron chi connectivity index (χ3n) is 3.32. The Bertz CT molecular complexity index is 146. The first-order chi connectivity index (χ1) is 5.33. The van der Waals surface area contributed by atoms with Crippen LogP contribution in [0.5, 0.6) is 0 Å². The van der Waals surface area contributed by atoms with E-state index in [1.165, 1.54) is 25.9 Å². The summed E-state index contributed by atoms with van der Waals surface area (Å²) in [6, 6.07) is 1.62. The van der Waals surface area contributed by atoms with Gasteiger partial charge in [-0.05, 0) is 32.4 Å². The van der Waals surface area contributed by atoms with Crippen molar-refractivity contribution in [3.63, 3.8) is 0 Å². The van der Waals surface area contributed by atoms with Crippen molar-refractivity contribution in [2.75, 3.05) is 20.1 Å². The van der Waals surface area contributed by atoms with Crippen LogP contribution in [0, 0.1) is 5.92 Å². The molecule has 0 bridgehead atoms. The Kier molecular flexibility index (Phi) is 1.90. The second kappa shape index (κ2) is 2.76. The van der Waals surface area contributed by atoms with Crippen molar-refractivity contribution >= 4 is 0 Å². The molecule has 0 aromatic carbocycles. The van der Waals surface area contributed by atoms with Crippen LogP contribution in [0.25, 0.3) is 0 Å². The minimum absolute atomic E-state index is 0.808. The smallest absolute Gasteiger partial charge is 0.0264 e. The molecule has 2 fully saturated rings. The number of hydrogen-bond donors (Lipinski definition) is 1. The summed E-state index contributed by atoms with van der Waals surface area (Å²) < 4.78 is 0. The van der Waals surface area contributed by atoms with Gasteiger partial charge in [-0.15, -0.1) is 0 Å². The predicted molar refractivity (Wildman–Crippen MR) is 46.6 cm³/mol. The number of hydrogen-bond acceptors (Lipinski definition) is 2. The summed E-state index contributed by atoms with van der Waals surface area (Å²) in [6.07, 6.45) is 2.69. The molecule has 1 N–H and O–H groups in total. The average Bonchev–Trinajstić information content (AvgIpc) is 2.46. The van der Waals surface area contributed by atoms with Gasteiger partial charge in [0.2, 0.25) is 0 Å². The molecule has 0 spiro atoms. The van der Waals surface area contributed by atoms with Crippen LogP contribution in [0.2, 0.25) is 0 Å². The van der Waals surface area contributed by atoms with Crippen molar-refractivity contribution < 1.29 is 0 Å². The molecule has 2 saturated heterocycles. The zero-order valence-electron chi connectivity index (χ0n) is 7.51. The third kappa shape index (κ3) is 1.09. The summed E-state index contributed by atoms with van der Waals surface area (Å²) in [5, 5.41) is 3.61. The highest BCUT2D eigenvalue weighted by Crippen LogP contribution is 2.30. The van der Waals surface area contributed by atoms with Crippen LogP contribution >= 0.6 is 0 Å². The number of nitrogens with one attached hydrogen (secondary N) is 1. The average molecular weight is 154 g/mol. The van der Waals surface area contributed by atoms with E-state index in [1.54, 1.807) is 0 Å². The minimum Gasteiger partial charge on any atom is -0.312 e. The van der Waals surface area contributed by atoms with Crippen molar-refractivity contribution in [1.82, 2.24) is 10.2 Å². The molecule has 3 atom stereocenters. The van der Waals surface area contributed by atoms with Crippen molar-refractivity contribution in [3.8, 4) is 0 Å². The second-order valence-electron chi connectivity index (χ2n) is 3.94. The highest BCUT2D eigenvalue weighted by molar-refractivity contribution is 4.99. The van der Waals surface area contributed by atoms with Gasteiger partial charge in [0, 0.05) is 18.6 Å². The Labute approximate surface area is 69.0 Å². The van der Waals surface area contributed by atoms with Gasteiger partial charge in [-0.3, -0.25) is 0 Å². The topological polar surface area (TPSA) is 15.3 Å². The van der Waals surface area contributed by atoms with E-state index in [4.69, 9.17) is 0 Å². The molecule has 0 radical (unpaired) electrons. The Morgan fingerprint density at radius 2 is 2.36 bits per heavy atom. The van der Waals surface area contributed by atoms with Crippen molar-refractivity contribution in [1.29, 1.82) is 0 Å². The van der Waals surface area contributed by atoms with E-state index in [0.717, 1.165) is 18.0 Å². The van der Waals surface area contributed by atoms with Gasteiger partial charge in [0.05, 0.1) is 0 Å². The molecule has 0 aromatic heterocycles. The lowest BCUT2D eigenvalue weighted by molar-refractivity contribution is 0.275. The highest BCUT2D eigenvalue weighted by Gasteiger charge is 2.40. The normalized spacial score (nSPS) is 44.7. The molecule has 2 aliphatic rings. The molecule has 2 aliphatic heterocycles. The first-order valence-corrected chi connectivity index (χ1v) is 4.76. The van der Waals surface area contributed by atoms with Crippen LogP contribution in [0.15, 0.2) is 0 Å². The molecule has 2 heterocycles. The van der Waals surface area contributed by atoms with Crippen LogP contribution in [0.4, 0.5) is 0 Å². The summed E-state index contributed by atoms with van der Waals surface area (Å²) in [5.74, 6) is 0.949. The van der Waals surface area contributed by atoms with Gasteiger partial charge >= 0.3 is 0 Å². The molecule has 2 nitrogen and oxygen atoms in total. The van der Waals surface area contributed by atoms with Crippen LogP contribution in [0.1, 0.15) is 19.8 Å². The quantitative estimate of drug-likeness (QED) is 0.598. The van der Waals surface area contributed by atoms with Gasteiger partial charge in [-0.25, -0.2) is 0 Å². The van der Waals surface area contributed by atoms with E-state index >= 15 is 0 Å². The van der Waals surface area contributed by atoms with Gasteiger partial charge in [-0.2, -0.15) is 0 Å². The lowest BCUT2D eigenvalue weighted by atomic mass is 9.99. The van der Waals surface area contributed by atoms with E-state index in [9.17, 15) is 0 Å². The SMILES string of the molecule is CCC1[C@@H]2NCC[C@@H]2CN1C. The molecule has 0 aliphatic carbocycles. The van der Waals surface area contributed by atoms with E-state index in [-0.39, 0.29) is 0 Å². The lowest BCUT2D eigenvalue weighted by Gasteiger charge is -2.22. The van der Waals surface area contributed by atoms with Crippen LogP contribution in [0.3, 0.4) is 0 Å². The van der Waals surface area contributed by atoms with E-state index < -0.39 is 0 Å². The molecule has 2 rings (SSSR count). The zero-order valence-corrected chi connectivity index (χ0v) is 7.51. The van der Waals surface area contributed by atoms with Gasteiger partial charge in [0.25, 0.3) is 0 Å². The summed E-state index contributed by atoms with van der Waals surface area (Å²) >= 11 is 0. The lowest BCUT2D eigenvalue weighted by Crippen LogP contribution is -2.39. The molecule has 64 valence electrons. The maximum atomic E-state index is 3.61. The summed E-state index contributed by atoms with van der Waals surface area (Å²) in [4.78, 5) is 2.52. The molecular weight excluding hydrogens is 136 g/mol. The van der Waals surface area contributed by atoms with E-state index in [0.29, 0.717) is 0 Å². The van der Waals surface area contributed by atoms with Crippen LogP contribution < -0.4 is 5.32 Å². The standard InChI is InChI=1S/C9H18N2/c1-3-8-9-7(4-5-10-9)6-11(8)2/h7-10H,3-6H2,1-2H3/t7-,8?,9-/m1/s1. The molecule has 0 saturated carbocycles. The highest BCUT2D eigenvalue weighted by atomic mass is 15.2. The van der Waals surface area contributed by atoms with E-state index in [2.05, 4.69) is 24.2 Å². The number of rotatable bonds is 1. The third-order valence-corrected chi connectivity index (χ3v) is 3.32. The zero-order chi connectivity index (χ0) is 7.84. The summed E-state index contributed by atoms with van der Waals surface area (Å²) in [7, 11) is 2.26. The molecule has 0 amide bonds. The van der Waals surface area contributed by atoms with Gasteiger partial charge < -0.3 is 10.2 Å². The number of nitrogens with zero attached hydrogens (tertiary/aromatic N) is 1. The summed E-state index contributed by atoms with van der Waals surface area (Å²) in [6.45, 7) is 4.86. The fourth-order valence-corrected chi connectivity index (χ4v) is 2.78. The van der Waals surface area contributed by atoms with Crippen LogP contribution in [-0.2, 0) is 0 Å². The van der Waals surface area contributed by atoms with Gasteiger partial charge in [0.15, 0.2) is 0 Å². The second-order valence-corrected chi connectivity index (χ2v) is 3.94. The fraction of sp³-hybridized carbons (Fsp3) is 1.00. The maximum absolute atomic E-state index is 3.61. The monoisotopic (exact) mass is 154 g/mol. The largest absolute Gasteiger partial charge is 0.312 e. The fourth-order valence-electron chi connectivity index (χ4n) is 2.78. The minimum atomic E-state index is 0.808. The number of likely N-dealkylation sites (tertiary alicyclic amines) is 1. The van der Waals surface area contributed by atoms with Crippen molar-refractivity contribution in [2.45, 2.75) is 31.8 Å². The van der Waals surface area contributed by atoms with E-state index in [1.807, 2.05) is 0 Å².